The second kappa shape index (κ2) is 9.06. The number of carbonyl (C=O) groups is 1. The first kappa shape index (κ1) is 20.7. The van der Waals surface area contributed by atoms with Gasteiger partial charge in [-0.25, -0.2) is 0 Å². The third-order valence-corrected chi connectivity index (χ3v) is 6.54. The van der Waals surface area contributed by atoms with Crippen molar-refractivity contribution >= 4 is 17.7 Å². The van der Waals surface area contributed by atoms with Crippen molar-refractivity contribution in [2.75, 3.05) is 32.7 Å². The van der Waals surface area contributed by atoms with Crippen molar-refractivity contribution in [1.29, 1.82) is 0 Å². The minimum atomic E-state index is -0.247. The second-order valence-corrected chi connectivity index (χ2v) is 8.70. The third kappa shape index (κ3) is 4.15. The van der Waals surface area contributed by atoms with E-state index in [0.29, 0.717) is 11.0 Å². The van der Waals surface area contributed by atoms with Crippen LogP contribution in [-0.2, 0) is 4.79 Å². The molecule has 0 saturated carbocycles. The molecule has 0 radical (unpaired) electrons. The van der Waals surface area contributed by atoms with Crippen molar-refractivity contribution in [3.05, 3.63) is 48.4 Å². The number of hydrogen-bond donors (Lipinski definition) is 0. The van der Waals surface area contributed by atoms with Gasteiger partial charge in [0, 0.05) is 31.9 Å². The average molecular weight is 426 g/mol. The monoisotopic (exact) mass is 425 g/mol. The number of aromatic nitrogens is 3. The lowest BCUT2D eigenvalue weighted by Crippen LogP contribution is -2.50. The van der Waals surface area contributed by atoms with Crippen molar-refractivity contribution in [2.24, 2.45) is 0 Å². The predicted molar refractivity (Wildman–Crippen MR) is 118 cm³/mol. The van der Waals surface area contributed by atoms with Crippen molar-refractivity contribution in [3.63, 3.8) is 0 Å². The highest BCUT2D eigenvalue weighted by Crippen LogP contribution is 2.32. The van der Waals surface area contributed by atoms with Crippen molar-refractivity contribution < 1.29 is 9.21 Å². The summed E-state index contributed by atoms with van der Waals surface area (Å²) in [5.74, 6) is 1.65. The molecule has 1 fully saturated rings. The van der Waals surface area contributed by atoms with Crippen LogP contribution in [0.2, 0.25) is 0 Å². The number of nitrogens with zero attached hydrogens (tertiary/aromatic N) is 5. The van der Waals surface area contributed by atoms with E-state index in [4.69, 9.17) is 4.42 Å². The number of rotatable bonds is 6. The van der Waals surface area contributed by atoms with Crippen LogP contribution in [0.25, 0.3) is 17.1 Å². The lowest BCUT2D eigenvalue weighted by atomic mass is 10.2. The smallest absolute Gasteiger partial charge is 0.235 e. The van der Waals surface area contributed by atoms with Crippen LogP contribution in [0.1, 0.15) is 19.6 Å². The summed E-state index contributed by atoms with van der Waals surface area (Å²) in [4.78, 5) is 17.4. The summed E-state index contributed by atoms with van der Waals surface area (Å²) in [5.41, 5.74) is 1.85. The maximum atomic E-state index is 13.0. The molecule has 1 aromatic carbocycles. The van der Waals surface area contributed by atoms with Gasteiger partial charge in [0.1, 0.15) is 5.76 Å². The molecule has 0 bridgehead atoms. The Hall–Kier alpha value is -2.58. The molecular weight excluding hydrogens is 398 g/mol. The molecule has 1 unspecified atom stereocenters. The van der Waals surface area contributed by atoms with E-state index in [1.807, 2.05) is 59.7 Å². The fourth-order valence-corrected chi connectivity index (χ4v) is 4.65. The Bertz CT molecular complexity index is 992. The second-order valence-electron chi connectivity index (χ2n) is 7.39. The van der Waals surface area contributed by atoms with Crippen LogP contribution in [0.4, 0.5) is 0 Å². The van der Waals surface area contributed by atoms with Gasteiger partial charge in [-0.3, -0.25) is 9.36 Å². The number of aryl methyl sites for hydroxylation is 1. The molecule has 4 rings (SSSR count). The number of amides is 1. The molecule has 1 atom stereocenters. The van der Waals surface area contributed by atoms with Crippen LogP contribution in [-0.4, -0.2) is 68.4 Å². The molecule has 1 aliphatic heterocycles. The Labute approximate surface area is 181 Å². The van der Waals surface area contributed by atoms with Gasteiger partial charge < -0.3 is 14.2 Å². The number of piperazine rings is 1. The van der Waals surface area contributed by atoms with E-state index >= 15 is 0 Å². The first-order valence-corrected chi connectivity index (χ1v) is 11.2. The number of hydrogen-bond acceptors (Lipinski definition) is 6. The van der Waals surface area contributed by atoms with E-state index in [0.717, 1.165) is 49.7 Å². The van der Waals surface area contributed by atoms with Crippen molar-refractivity contribution in [2.45, 2.75) is 31.2 Å². The highest BCUT2D eigenvalue weighted by Gasteiger charge is 2.28. The minimum absolute atomic E-state index is 0.152. The van der Waals surface area contributed by atoms with Gasteiger partial charge in [-0.1, -0.05) is 36.9 Å². The van der Waals surface area contributed by atoms with Crippen LogP contribution in [0.15, 0.2) is 52.2 Å². The number of carbonyl (C=O) groups excluding carboxylic acids is 1. The van der Waals surface area contributed by atoms with Crippen LogP contribution in [0.5, 0.6) is 0 Å². The minimum Gasteiger partial charge on any atom is -0.469 e. The van der Waals surface area contributed by atoms with Gasteiger partial charge in [0.2, 0.25) is 5.91 Å². The topological polar surface area (TPSA) is 67.4 Å². The summed E-state index contributed by atoms with van der Waals surface area (Å²) in [7, 11) is 0. The fraction of sp³-hybridized carbons (Fsp3) is 0.409. The van der Waals surface area contributed by atoms with Gasteiger partial charge >= 0.3 is 0 Å². The van der Waals surface area contributed by atoms with Crippen LogP contribution in [0.3, 0.4) is 0 Å². The van der Waals surface area contributed by atoms with Crippen LogP contribution in [0, 0.1) is 6.92 Å². The first-order valence-electron chi connectivity index (χ1n) is 10.3. The van der Waals surface area contributed by atoms with E-state index in [1.165, 1.54) is 11.8 Å². The Morgan fingerprint density at radius 2 is 1.87 bits per heavy atom. The van der Waals surface area contributed by atoms with Crippen LogP contribution < -0.4 is 0 Å². The normalized spacial score (nSPS) is 16.0. The molecule has 1 saturated heterocycles. The maximum absolute atomic E-state index is 13.0. The average Bonchev–Trinajstić information content (AvgIpc) is 3.39. The highest BCUT2D eigenvalue weighted by molar-refractivity contribution is 8.00. The number of thioether (sulfide) groups is 1. The van der Waals surface area contributed by atoms with Crippen molar-refractivity contribution in [3.8, 4) is 17.1 Å². The lowest BCUT2D eigenvalue weighted by molar-refractivity contribution is -0.132. The SMILES string of the molecule is CCN1CCN(C(=O)C(C)Sc2nnc(-c3ccoc3C)n2-c2ccccc2)CC1. The molecular formula is C22H27N5O2S. The standard InChI is InChI=1S/C22H27N5O2S/c1-4-25-11-13-26(14-12-25)21(28)17(3)30-22-24-23-20(19-10-15-29-16(19)2)27(22)18-8-6-5-7-9-18/h5-10,15,17H,4,11-14H2,1-3H3. The van der Waals surface area contributed by atoms with E-state index < -0.39 is 0 Å². The van der Waals surface area contributed by atoms with E-state index in [1.54, 1.807) is 6.26 Å². The van der Waals surface area contributed by atoms with E-state index in [9.17, 15) is 4.79 Å². The Morgan fingerprint density at radius 3 is 2.50 bits per heavy atom. The quantitative estimate of drug-likeness (QED) is 0.563. The number of benzene rings is 1. The molecule has 8 heteroatoms. The maximum Gasteiger partial charge on any atom is 0.235 e. The van der Waals surface area contributed by atoms with E-state index in [2.05, 4.69) is 22.0 Å². The number of likely N-dealkylation sites (N-methyl/N-ethyl adjacent to an activating group) is 1. The molecule has 158 valence electrons. The molecule has 1 amide bonds. The zero-order valence-corrected chi connectivity index (χ0v) is 18.4. The zero-order valence-electron chi connectivity index (χ0n) is 17.6. The zero-order chi connectivity index (χ0) is 21.1. The summed E-state index contributed by atoms with van der Waals surface area (Å²) >= 11 is 1.45. The van der Waals surface area contributed by atoms with Gasteiger partial charge in [-0.05, 0) is 38.6 Å². The first-order chi connectivity index (χ1) is 14.6. The summed E-state index contributed by atoms with van der Waals surface area (Å²) in [5, 5.41) is 9.33. The van der Waals surface area contributed by atoms with Crippen molar-refractivity contribution in [1.82, 2.24) is 24.6 Å². The van der Waals surface area contributed by atoms with E-state index in [-0.39, 0.29) is 11.2 Å². The molecule has 3 aromatic rings. The highest BCUT2D eigenvalue weighted by atomic mass is 32.2. The van der Waals surface area contributed by atoms with Gasteiger partial charge in [-0.2, -0.15) is 0 Å². The van der Waals surface area contributed by atoms with Gasteiger partial charge in [-0.15, -0.1) is 10.2 Å². The molecule has 0 aliphatic carbocycles. The number of furan rings is 1. The molecule has 30 heavy (non-hydrogen) atoms. The van der Waals surface area contributed by atoms with Gasteiger partial charge in [0.05, 0.1) is 17.1 Å². The molecule has 7 nitrogen and oxygen atoms in total. The Morgan fingerprint density at radius 1 is 1.13 bits per heavy atom. The third-order valence-electron chi connectivity index (χ3n) is 5.51. The number of para-hydroxylation sites is 1. The predicted octanol–water partition coefficient (Wildman–Crippen LogP) is 3.48. The largest absolute Gasteiger partial charge is 0.469 e. The summed E-state index contributed by atoms with van der Waals surface area (Å²) in [6.07, 6.45) is 1.66. The molecule has 0 spiro atoms. The lowest BCUT2D eigenvalue weighted by Gasteiger charge is -2.35. The van der Waals surface area contributed by atoms with Crippen LogP contribution >= 0.6 is 11.8 Å². The molecule has 1 aliphatic rings. The summed E-state index contributed by atoms with van der Waals surface area (Å²) in [6, 6.07) is 11.9. The van der Waals surface area contributed by atoms with Gasteiger partial charge in [0.25, 0.3) is 0 Å². The summed E-state index contributed by atoms with van der Waals surface area (Å²) in [6.45, 7) is 10.5. The molecule has 2 aromatic heterocycles. The Kier molecular flexibility index (Phi) is 6.24. The molecule has 0 N–H and O–H groups in total. The fourth-order valence-electron chi connectivity index (χ4n) is 3.70. The summed E-state index contributed by atoms with van der Waals surface area (Å²) < 4.78 is 7.48. The van der Waals surface area contributed by atoms with Gasteiger partial charge in [0.15, 0.2) is 11.0 Å². The Balaban J connectivity index is 1.59. The molecule has 3 heterocycles.